The molecule has 1 aliphatic carbocycles. The molecule has 0 spiro atoms. The molecule has 1 atom stereocenters. The maximum atomic E-state index is 12.5. The van der Waals surface area contributed by atoms with Crippen molar-refractivity contribution in [1.29, 1.82) is 0 Å². The number of nitrogens with zero attached hydrogens (tertiary/aromatic N) is 2. The van der Waals surface area contributed by atoms with Crippen molar-refractivity contribution >= 4 is 39.7 Å². The van der Waals surface area contributed by atoms with Crippen molar-refractivity contribution in [3.8, 4) is 11.1 Å². The van der Waals surface area contributed by atoms with Crippen LogP contribution in [0.5, 0.6) is 0 Å². The molecule has 1 amide bonds. The van der Waals surface area contributed by atoms with E-state index in [0.29, 0.717) is 5.75 Å². The number of nitrogens with one attached hydrogen (secondary N) is 1. The van der Waals surface area contributed by atoms with Gasteiger partial charge in [-0.15, -0.1) is 0 Å². The van der Waals surface area contributed by atoms with Gasteiger partial charge in [-0.25, -0.2) is 4.79 Å². The number of carbonyl (C=O) groups excluding carboxylic acids is 2. The van der Waals surface area contributed by atoms with Crippen LogP contribution in [0.15, 0.2) is 48.5 Å². The largest absolute Gasteiger partial charge is 0.449 e. The normalized spacial score (nSPS) is 13.5. The van der Waals surface area contributed by atoms with Crippen molar-refractivity contribution in [2.45, 2.75) is 37.5 Å². The monoisotopic (exact) mass is 455 g/mol. The summed E-state index contributed by atoms with van der Waals surface area (Å²) >= 11 is 0. The second kappa shape index (κ2) is 10.2. The first-order valence-corrected chi connectivity index (χ1v) is 12.3. The lowest BCUT2D eigenvalue weighted by Crippen LogP contribution is -2.43. The highest BCUT2D eigenvalue weighted by Crippen LogP contribution is 2.44. The number of rotatable bonds is 8. The van der Waals surface area contributed by atoms with E-state index in [4.69, 9.17) is 10.3 Å². The van der Waals surface area contributed by atoms with E-state index in [-0.39, 0.29) is 17.3 Å². The highest BCUT2D eigenvalue weighted by atomic mass is 33.1. The van der Waals surface area contributed by atoms with Gasteiger partial charge in [0.25, 0.3) is 5.78 Å². The lowest BCUT2D eigenvalue weighted by molar-refractivity contribution is -0.117. The van der Waals surface area contributed by atoms with Gasteiger partial charge in [-0.1, -0.05) is 90.9 Å². The molecule has 6 nitrogen and oxygen atoms in total. The summed E-state index contributed by atoms with van der Waals surface area (Å²) in [5, 5.41) is 2.61. The molecule has 1 aliphatic rings. The van der Waals surface area contributed by atoms with Gasteiger partial charge in [0.05, 0.1) is 0 Å². The topological polar surface area (TPSA) is 91.8 Å². The minimum Gasteiger partial charge on any atom is -0.449 e. The van der Waals surface area contributed by atoms with E-state index in [0.717, 1.165) is 28.5 Å². The summed E-state index contributed by atoms with van der Waals surface area (Å²) in [6.45, 7) is 6.36. The summed E-state index contributed by atoms with van der Waals surface area (Å²) in [4.78, 5) is 27.5. The highest BCUT2D eigenvalue weighted by molar-refractivity contribution is 8.77. The first kappa shape index (κ1) is 23.1. The maximum Gasteiger partial charge on any atom is 0.407 e. The van der Waals surface area contributed by atoms with E-state index >= 15 is 0 Å². The highest BCUT2D eigenvalue weighted by Gasteiger charge is 2.30. The summed E-state index contributed by atoms with van der Waals surface area (Å²) in [5.74, 6) is -0.216. The molecule has 0 aliphatic heterocycles. The van der Waals surface area contributed by atoms with Crippen LogP contribution in [0.2, 0.25) is 0 Å². The Morgan fingerprint density at radius 3 is 2.26 bits per heavy atom. The second-order valence-corrected chi connectivity index (χ2v) is 11.3. The average molecular weight is 456 g/mol. The number of ketones is 1. The molecule has 162 valence electrons. The van der Waals surface area contributed by atoms with Gasteiger partial charge in [-0.3, -0.25) is 4.79 Å². The molecule has 8 heteroatoms. The van der Waals surface area contributed by atoms with Gasteiger partial charge in [0.15, 0.2) is 0 Å². The van der Waals surface area contributed by atoms with Crippen LogP contribution >= 0.6 is 21.6 Å². The molecule has 0 saturated carbocycles. The lowest BCUT2D eigenvalue weighted by atomic mass is 9.98. The molecule has 0 heterocycles. The van der Waals surface area contributed by atoms with Gasteiger partial charge in [0, 0.05) is 16.4 Å². The number of ether oxygens (including phenoxy) is 1. The molecular weight excluding hydrogens is 430 g/mol. The zero-order valence-electron chi connectivity index (χ0n) is 17.7. The molecule has 0 fully saturated rings. The van der Waals surface area contributed by atoms with Crippen molar-refractivity contribution in [2.75, 3.05) is 12.4 Å². The fourth-order valence-electron chi connectivity index (χ4n) is 3.40. The van der Waals surface area contributed by atoms with Gasteiger partial charge in [0.1, 0.15) is 12.6 Å². The maximum absolute atomic E-state index is 12.5. The molecule has 2 aromatic rings. The second-order valence-electron chi connectivity index (χ2n) is 8.15. The van der Waals surface area contributed by atoms with Gasteiger partial charge in [0.2, 0.25) is 0 Å². The fourth-order valence-corrected chi connectivity index (χ4v) is 5.88. The fraction of sp³-hybridized carbons (Fsp3) is 0.348. The van der Waals surface area contributed by atoms with Crippen LogP contribution < -0.4 is 5.32 Å². The van der Waals surface area contributed by atoms with Crippen LogP contribution in [0.25, 0.3) is 16.7 Å². The Labute approximate surface area is 190 Å². The Bertz CT molecular complexity index is 968. The first-order valence-electron chi connectivity index (χ1n) is 9.93. The Morgan fingerprint density at radius 1 is 1.13 bits per heavy atom. The first-order chi connectivity index (χ1) is 14.8. The molecular formula is C23H25N3O3S2. The SMILES string of the molecule is CC(C)(C)SSC[C@H](NC(=O)OCC1c2ccccc2-c2ccccc21)C(=O)C=[N+]=[N-]. The molecule has 31 heavy (non-hydrogen) atoms. The number of benzene rings is 2. The number of hydrogen-bond donors (Lipinski definition) is 1. The minimum atomic E-state index is -0.841. The van der Waals surface area contributed by atoms with Gasteiger partial charge < -0.3 is 15.6 Å². The summed E-state index contributed by atoms with van der Waals surface area (Å²) in [6, 6.07) is 15.3. The zero-order valence-corrected chi connectivity index (χ0v) is 19.3. The summed E-state index contributed by atoms with van der Waals surface area (Å²) in [7, 11) is 3.08. The van der Waals surface area contributed by atoms with E-state index < -0.39 is 17.9 Å². The Hall–Kier alpha value is -2.54. The molecule has 0 aromatic heterocycles. The van der Waals surface area contributed by atoms with Crippen LogP contribution in [-0.2, 0) is 9.53 Å². The van der Waals surface area contributed by atoms with E-state index in [1.165, 1.54) is 10.8 Å². The lowest BCUT2D eigenvalue weighted by Gasteiger charge is -2.19. The van der Waals surface area contributed by atoms with Crippen molar-refractivity contribution in [3.05, 3.63) is 65.2 Å². The van der Waals surface area contributed by atoms with Crippen molar-refractivity contribution < 1.29 is 19.1 Å². The zero-order chi connectivity index (χ0) is 22.4. The minimum absolute atomic E-state index is 0.00704. The summed E-state index contributed by atoms with van der Waals surface area (Å²) < 4.78 is 5.53. The Morgan fingerprint density at radius 2 is 1.71 bits per heavy atom. The van der Waals surface area contributed by atoms with Crippen LogP contribution in [0, 0.1) is 0 Å². The van der Waals surface area contributed by atoms with Crippen molar-refractivity contribution in [3.63, 3.8) is 0 Å². The number of hydrogen-bond acceptors (Lipinski definition) is 5. The smallest absolute Gasteiger partial charge is 0.407 e. The van der Waals surface area contributed by atoms with E-state index in [1.807, 2.05) is 36.4 Å². The number of alkyl carbamates (subject to hydrolysis) is 1. The summed E-state index contributed by atoms with van der Waals surface area (Å²) in [5.41, 5.74) is 13.2. The third-order valence-electron chi connectivity index (χ3n) is 4.71. The number of carbonyl (C=O) groups is 2. The standard InChI is InChI=1S/C23H25N3O3S2/c1-23(2,3)31-30-14-20(21(27)12-25-24)26-22(28)29-13-19-17-10-6-4-8-15(17)16-9-5-7-11-18(16)19/h4-12,19-20H,13-14H2,1-3H3,(H,26,28)/t20-/m0/s1. The van der Waals surface area contributed by atoms with Gasteiger partial charge >= 0.3 is 12.3 Å². The molecule has 0 bridgehead atoms. The van der Waals surface area contributed by atoms with Gasteiger partial charge in [-0.2, -0.15) is 4.79 Å². The molecule has 2 aromatic carbocycles. The number of fused-ring (bicyclic) bond motifs is 3. The average Bonchev–Trinajstić information content (AvgIpc) is 3.05. The summed E-state index contributed by atoms with van der Waals surface area (Å²) in [6.07, 6.45) is 0.129. The van der Waals surface area contributed by atoms with Crippen LogP contribution in [-0.4, -0.2) is 46.0 Å². The molecule has 0 saturated heterocycles. The number of amides is 1. The third kappa shape index (κ3) is 6.00. The van der Waals surface area contributed by atoms with Crippen LogP contribution in [0.4, 0.5) is 4.79 Å². The third-order valence-corrected chi connectivity index (χ3v) is 8.06. The molecule has 1 N–H and O–H groups in total. The number of Topliss-reactive ketones (excluding diaryl/α,β-unsaturated/α-hetero) is 1. The molecule has 3 rings (SSSR count). The van der Waals surface area contributed by atoms with Gasteiger partial charge in [-0.05, 0) is 22.3 Å². The molecule has 0 radical (unpaired) electrons. The van der Waals surface area contributed by atoms with Crippen molar-refractivity contribution in [1.82, 2.24) is 5.32 Å². The Kier molecular flexibility index (Phi) is 7.59. The molecule has 0 unspecified atom stereocenters. The predicted octanol–water partition coefficient (Wildman–Crippen LogP) is 4.94. The van der Waals surface area contributed by atoms with Crippen LogP contribution in [0.3, 0.4) is 0 Å². The predicted molar refractivity (Wildman–Crippen MR) is 126 cm³/mol. The van der Waals surface area contributed by atoms with Crippen molar-refractivity contribution in [2.24, 2.45) is 0 Å². The van der Waals surface area contributed by atoms with Crippen LogP contribution in [0.1, 0.15) is 37.8 Å². The van der Waals surface area contributed by atoms with E-state index in [9.17, 15) is 9.59 Å². The van der Waals surface area contributed by atoms with E-state index in [1.54, 1.807) is 10.8 Å². The van der Waals surface area contributed by atoms with E-state index in [2.05, 4.69) is 43.0 Å². The Balaban J connectivity index is 1.65. The quantitative estimate of drug-likeness (QED) is 0.263.